The number of carbonyl (C=O) groups is 2. The van der Waals surface area contributed by atoms with Gasteiger partial charge in [-0.25, -0.2) is 0 Å². The van der Waals surface area contributed by atoms with Crippen LogP contribution in [0.25, 0.3) is 0 Å². The summed E-state index contributed by atoms with van der Waals surface area (Å²) >= 11 is 1.54. The maximum Gasteiger partial charge on any atom is 0.321 e. The minimum Gasteiger partial charge on any atom is -0.481 e. The molecule has 1 unspecified atom stereocenters. The molecule has 94 valence electrons. The van der Waals surface area contributed by atoms with Crippen LogP contribution in [0.1, 0.15) is 16.9 Å². The van der Waals surface area contributed by atoms with Crippen LogP contribution in [0.2, 0.25) is 0 Å². The Hall–Kier alpha value is -1.40. The highest BCUT2D eigenvalue weighted by Gasteiger charge is 2.25. The minimum absolute atomic E-state index is 0.393. The molecule has 5 nitrogen and oxygen atoms in total. The summed E-state index contributed by atoms with van der Waals surface area (Å²) in [6, 6.07) is 0.967. The van der Waals surface area contributed by atoms with Crippen LogP contribution in [0.3, 0.4) is 0 Å². The number of hydrogen-bond acceptors (Lipinski definition) is 4. The molecule has 0 aromatic carbocycles. The fourth-order valence-corrected chi connectivity index (χ4v) is 2.47. The molecule has 0 fully saturated rings. The topological polar surface area (TPSA) is 77.8 Å². The van der Waals surface area contributed by atoms with Gasteiger partial charge in [-0.3, -0.25) is 14.5 Å². The smallest absolute Gasteiger partial charge is 0.321 e. The average molecular weight is 257 g/mol. The van der Waals surface area contributed by atoms with Crippen LogP contribution in [0, 0.1) is 6.92 Å². The summed E-state index contributed by atoms with van der Waals surface area (Å²) in [7, 11) is 1.63. The van der Waals surface area contributed by atoms with E-state index in [9.17, 15) is 9.59 Å². The Bertz CT molecular complexity index is 415. The van der Waals surface area contributed by atoms with E-state index >= 15 is 0 Å². The molecule has 1 rings (SSSR count). The van der Waals surface area contributed by atoms with Gasteiger partial charge in [0, 0.05) is 11.4 Å². The first-order valence-electron chi connectivity index (χ1n) is 5.09. The zero-order chi connectivity index (χ0) is 13.0. The number of aryl methyl sites for hydroxylation is 1. The van der Waals surface area contributed by atoms with E-state index in [-0.39, 0.29) is 0 Å². The first-order chi connectivity index (χ1) is 7.91. The van der Waals surface area contributed by atoms with E-state index in [1.807, 2.05) is 18.4 Å². The third-order valence-electron chi connectivity index (χ3n) is 2.55. The van der Waals surface area contributed by atoms with Gasteiger partial charge >= 0.3 is 11.9 Å². The number of aliphatic carboxylic acids is 2. The van der Waals surface area contributed by atoms with Crippen molar-refractivity contribution in [3.05, 3.63) is 21.9 Å². The van der Waals surface area contributed by atoms with E-state index in [0.717, 1.165) is 10.4 Å². The van der Waals surface area contributed by atoms with Gasteiger partial charge in [0.05, 0.1) is 6.42 Å². The highest BCUT2D eigenvalue weighted by atomic mass is 32.1. The molecule has 0 amide bonds. The zero-order valence-electron chi connectivity index (χ0n) is 9.71. The summed E-state index contributed by atoms with van der Waals surface area (Å²) in [6.07, 6.45) is -0.393. The van der Waals surface area contributed by atoms with E-state index < -0.39 is 24.4 Å². The van der Waals surface area contributed by atoms with Crippen molar-refractivity contribution in [2.75, 3.05) is 7.05 Å². The SMILES string of the molecule is Cc1ccsc1CN(C)C(CC(=O)O)C(=O)O. The maximum atomic E-state index is 11.0. The quantitative estimate of drug-likeness (QED) is 0.805. The standard InChI is InChI=1S/C11H15NO4S/c1-7-3-4-17-9(7)6-12(2)8(11(15)16)5-10(13)14/h3-4,8H,5-6H2,1-2H3,(H,13,14)(H,15,16). The number of likely N-dealkylation sites (N-methyl/N-ethyl adjacent to an activating group) is 1. The van der Waals surface area contributed by atoms with E-state index in [1.54, 1.807) is 23.3 Å². The first kappa shape index (κ1) is 13.7. The predicted molar refractivity (Wildman–Crippen MR) is 64.2 cm³/mol. The minimum atomic E-state index is -1.11. The zero-order valence-corrected chi connectivity index (χ0v) is 10.5. The molecular formula is C11H15NO4S. The van der Waals surface area contributed by atoms with Gasteiger partial charge in [-0.05, 0) is 31.0 Å². The molecule has 0 aliphatic rings. The lowest BCUT2D eigenvalue weighted by Crippen LogP contribution is -2.39. The monoisotopic (exact) mass is 257 g/mol. The molecule has 0 aliphatic carbocycles. The molecule has 1 aromatic rings. The Morgan fingerprint density at radius 2 is 2.12 bits per heavy atom. The lowest BCUT2D eigenvalue weighted by atomic mass is 10.1. The van der Waals surface area contributed by atoms with Gasteiger partial charge in [-0.2, -0.15) is 0 Å². The third kappa shape index (κ3) is 3.83. The summed E-state index contributed by atoms with van der Waals surface area (Å²) < 4.78 is 0. The summed E-state index contributed by atoms with van der Waals surface area (Å²) in [5.74, 6) is -2.21. The summed E-state index contributed by atoms with van der Waals surface area (Å²) in [5.41, 5.74) is 1.10. The van der Waals surface area contributed by atoms with Crippen molar-refractivity contribution in [2.45, 2.75) is 25.9 Å². The number of rotatable bonds is 6. The lowest BCUT2D eigenvalue weighted by Gasteiger charge is -2.22. The molecule has 1 heterocycles. The second-order valence-electron chi connectivity index (χ2n) is 3.89. The van der Waals surface area contributed by atoms with Crippen molar-refractivity contribution in [1.29, 1.82) is 0 Å². The van der Waals surface area contributed by atoms with E-state index in [2.05, 4.69) is 0 Å². The van der Waals surface area contributed by atoms with Crippen LogP contribution in [-0.4, -0.2) is 40.1 Å². The van der Waals surface area contributed by atoms with Crippen LogP contribution in [0.15, 0.2) is 11.4 Å². The fourth-order valence-electron chi connectivity index (χ4n) is 1.50. The van der Waals surface area contributed by atoms with Crippen LogP contribution in [0.5, 0.6) is 0 Å². The maximum absolute atomic E-state index is 11.0. The van der Waals surface area contributed by atoms with E-state index in [1.165, 1.54) is 0 Å². The molecule has 17 heavy (non-hydrogen) atoms. The van der Waals surface area contributed by atoms with Crippen LogP contribution >= 0.6 is 11.3 Å². The van der Waals surface area contributed by atoms with Gasteiger partial charge in [0.25, 0.3) is 0 Å². The van der Waals surface area contributed by atoms with Crippen molar-refractivity contribution in [3.63, 3.8) is 0 Å². The van der Waals surface area contributed by atoms with Gasteiger partial charge in [0.15, 0.2) is 0 Å². The Balaban J connectivity index is 2.72. The first-order valence-corrected chi connectivity index (χ1v) is 5.97. The molecule has 1 atom stereocenters. The average Bonchev–Trinajstić information content (AvgIpc) is 2.60. The van der Waals surface area contributed by atoms with Crippen LogP contribution in [-0.2, 0) is 16.1 Å². The molecular weight excluding hydrogens is 242 g/mol. The Labute approximate surface area is 103 Å². The summed E-state index contributed by atoms with van der Waals surface area (Å²) in [6.45, 7) is 2.40. The molecule has 6 heteroatoms. The molecule has 2 N–H and O–H groups in total. The summed E-state index contributed by atoms with van der Waals surface area (Å²) in [4.78, 5) is 24.2. The van der Waals surface area contributed by atoms with Crippen molar-refractivity contribution in [1.82, 2.24) is 4.90 Å². The Morgan fingerprint density at radius 1 is 1.47 bits per heavy atom. The van der Waals surface area contributed by atoms with Gasteiger partial charge in [-0.15, -0.1) is 11.3 Å². The number of hydrogen-bond donors (Lipinski definition) is 2. The Kier molecular flexibility index (Phi) is 4.65. The third-order valence-corrected chi connectivity index (χ3v) is 3.55. The number of thiophene rings is 1. The number of carboxylic acids is 2. The highest BCUT2D eigenvalue weighted by molar-refractivity contribution is 7.10. The largest absolute Gasteiger partial charge is 0.481 e. The van der Waals surface area contributed by atoms with Crippen LogP contribution in [0.4, 0.5) is 0 Å². The van der Waals surface area contributed by atoms with Gasteiger partial charge in [0.2, 0.25) is 0 Å². The summed E-state index contributed by atoms with van der Waals surface area (Å²) in [5, 5.41) is 19.6. The van der Waals surface area contributed by atoms with Crippen molar-refractivity contribution in [2.24, 2.45) is 0 Å². The second-order valence-corrected chi connectivity index (χ2v) is 4.89. The number of nitrogens with zero attached hydrogens (tertiary/aromatic N) is 1. The lowest BCUT2D eigenvalue weighted by molar-refractivity contribution is -0.149. The van der Waals surface area contributed by atoms with Gasteiger partial charge < -0.3 is 10.2 Å². The van der Waals surface area contributed by atoms with Crippen LogP contribution < -0.4 is 0 Å². The van der Waals surface area contributed by atoms with Gasteiger partial charge in [-0.1, -0.05) is 0 Å². The van der Waals surface area contributed by atoms with Crippen molar-refractivity contribution in [3.8, 4) is 0 Å². The fraction of sp³-hybridized carbons (Fsp3) is 0.455. The highest BCUT2D eigenvalue weighted by Crippen LogP contribution is 2.19. The van der Waals surface area contributed by atoms with E-state index in [4.69, 9.17) is 10.2 Å². The number of carboxylic acid groups (broad SMARTS) is 2. The van der Waals surface area contributed by atoms with Gasteiger partial charge in [0.1, 0.15) is 6.04 Å². The molecule has 0 saturated carbocycles. The molecule has 1 aromatic heterocycles. The second kappa shape index (κ2) is 5.79. The normalized spacial score (nSPS) is 12.6. The van der Waals surface area contributed by atoms with Crippen molar-refractivity contribution < 1.29 is 19.8 Å². The molecule has 0 bridgehead atoms. The molecule has 0 aliphatic heterocycles. The predicted octanol–water partition coefficient (Wildman–Crippen LogP) is 1.42. The molecule has 0 saturated heterocycles. The van der Waals surface area contributed by atoms with Crippen molar-refractivity contribution >= 4 is 23.3 Å². The molecule has 0 radical (unpaired) electrons. The molecule has 0 spiro atoms. The Morgan fingerprint density at radius 3 is 2.53 bits per heavy atom. The van der Waals surface area contributed by atoms with E-state index in [0.29, 0.717) is 6.54 Å².